The lowest BCUT2D eigenvalue weighted by Crippen LogP contribution is -2.42. The van der Waals surface area contributed by atoms with Crippen LogP contribution in [0.1, 0.15) is 40.3 Å². The molecule has 3 aromatic rings. The van der Waals surface area contributed by atoms with Gasteiger partial charge >= 0.3 is 0 Å². The van der Waals surface area contributed by atoms with Crippen LogP contribution in [0.3, 0.4) is 0 Å². The number of nitrogens with one attached hydrogen (secondary N) is 4. The molecule has 0 aliphatic rings. The van der Waals surface area contributed by atoms with E-state index >= 15 is 0 Å². The van der Waals surface area contributed by atoms with Crippen molar-refractivity contribution < 1.29 is 18.0 Å². The summed E-state index contributed by atoms with van der Waals surface area (Å²) in [6.07, 6.45) is 0. The van der Waals surface area contributed by atoms with E-state index in [2.05, 4.69) is 25.8 Å². The van der Waals surface area contributed by atoms with Crippen molar-refractivity contribution in [3.8, 4) is 0 Å². The van der Waals surface area contributed by atoms with Gasteiger partial charge in [-0.15, -0.1) is 0 Å². The highest BCUT2D eigenvalue weighted by Crippen LogP contribution is 2.16. The van der Waals surface area contributed by atoms with Gasteiger partial charge in [-0.3, -0.25) is 25.2 Å². The number of carbonyl (C=O) groups excluding carboxylic acids is 2. The van der Waals surface area contributed by atoms with E-state index in [0.29, 0.717) is 10.9 Å². The molecule has 0 unspecified atom stereocenters. The first-order valence-electron chi connectivity index (χ1n) is 9.31. The number of aryl methyl sites for hydroxylation is 1. The summed E-state index contributed by atoms with van der Waals surface area (Å²) in [4.78, 5) is 36.9. The molecule has 3 rings (SSSR count). The molecule has 162 valence electrons. The molecule has 0 saturated carbocycles. The number of fused-ring (bicyclic) bond motifs is 1. The molecule has 1 heterocycles. The Morgan fingerprint density at radius 3 is 2.32 bits per heavy atom. The van der Waals surface area contributed by atoms with Gasteiger partial charge in [0.1, 0.15) is 0 Å². The molecule has 1 aromatic heterocycles. The molecular formula is C20H21N5O5S. The average molecular weight is 443 g/mol. The predicted molar refractivity (Wildman–Crippen MR) is 114 cm³/mol. The number of H-pyrrole nitrogens is 1. The Balaban J connectivity index is 1.82. The SMILES string of the molecule is Cc1ccc(S(=O)(=O)NC(C)C)cc1C(=O)NNC(=O)c1n[nH]c(=O)c2ccccc12. The zero-order valence-corrected chi connectivity index (χ0v) is 17.8. The van der Waals surface area contributed by atoms with Crippen LogP contribution >= 0.6 is 0 Å². The molecule has 2 aromatic carbocycles. The molecule has 0 fully saturated rings. The molecular weight excluding hydrogens is 422 g/mol. The number of hydrogen-bond donors (Lipinski definition) is 4. The monoisotopic (exact) mass is 443 g/mol. The number of amides is 2. The number of hydrazine groups is 1. The molecule has 11 heteroatoms. The van der Waals surface area contributed by atoms with Crippen LogP contribution in [0.15, 0.2) is 52.2 Å². The summed E-state index contributed by atoms with van der Waals surface area (Å²) in [7, 11) is -3.80. The van der Waals surface area contributed by atoms with Crippen LogP contribution in [0, 0.1) is 6.92 Å². The molecule has 0 aliphatic heterocycles. The lowest BCUT2D eigenvalue weighted by Gasteiger charge is -2.13. The van der Waals surface area contributed by atoms with E-state index in [1.807, 2.05) is 0 Å². The number of benzene rings is 2. The van der Waals surface area contributed by atoms with Crippen molar-refractivity contribution in [1.29, 1.82) is 0 Å². The first kappa shape index (κ1) is 22.1. The number of hydrogen-bond acceptors (Lipinski definition) is 6. The van der Waals surface area contributed by atoms with Gasteiger partial charge in [-0.05, 0) is 44.5 Å². The Hall–Kier alpha value is -3.57. The summed E-state index contributed by atoms with van der Waals surface area (Å²) < 4.78 is 27.2. The highest BCUT2D eigenvalue weighted by Gasteiger charge is 2.20. The lowest BCUT2D eigenvalue weighted by atomic mass is 10.1. The van der Waals surface area contributed by atoms with E-state index in [4.69, 9.17) is 0 Å². The zero-order chi connectivity index (χ0) is 22.8. The van der Waals surface area contributed by atoms with Gasteiger partial charge in [0.15, 0.2) is 5.69 Å². The topological polar surface area (TPSA) is 150 Å². The van der Waals surface area contributed by atoms with E-state index in [9.17, 15) is 22.8 Å². The molecule has 31 heavy (non-hydrogen) atoms. The van der Waals surface area contributed by atoms with Crippen molar-refractivity contribution in [3.63, 3.8) is 0 Å². The number of aromatic amines is 1. The summed E-state index contributed by atoms with van der Waals surface area (Å²) >= 11 is 0. The minimum absolute atomic E-state index is 0.0726. The fourth-order valence-electron chi connectivity index (χ4n) is 2.92. The maximum absolute atomic E-state index is 12.6. The van der Waals surface area contributed by atoms with E-state index in [1.165, 1.54) is 18.2 Å². The van der Waals surface area contributed by atoms with Crippen LogP contribution < -0.4 is 21.1 Å². The van der Waals surface area contributed by atoms with Gasteiger partial charge < -0.3 is 0 Å². The van der Waals surface area contributed by atoms with Crippen LogP contribution in [-0.2, 0) is 10.0 Å². The van der Waals surface area contributed by atoms with Crippen LogP contribution in [0.2, 0.25) is 0 Å². The van der Waals surface area contributed by atoms with Gasteiger partial charge in [-0.1, -0.05) is 24.3 Å². The molecule has 0 atom stereocenters. The van der Waals surface area contributed by atoms with Crippen LogP contribution in [0.5, 0.6) is 0 Å². The quantitative estimate of drug-likeness (QED) is 0.432. The Bertz CT molecular complexity index is 1330. The number of rotatable bonds is 5. The van der Waals surface area contributed by atoms with Crippen molar-refractivity contribution in [2.45, 2.75) is 31.7 Å². The van der Waals surface area contributed by atoms with Gasteiger partial charge in [0.25, 0.3) is 17.4 Å². The van der Waals surface area contributed by atoms with Gasteiger partial charge in [0, 0.05) is 17.0 Å². The number of carbonyl (C=O) groups is 2. The van der Waals surface area contributed by atoms with Crippen molar-refractivity contribution in [3.05, 3.63) is 69.6 Å². The average Bonchev–Trinajstić information content (AvgIpc) is 2.71. The van der Waals surface area contributed by atoms with E-state index in [1.54, 1.807) is 45.0 Å². The molecule has 0 spiro atoms. The minimum atomic E-state index is -3.80. The summed E-state index contributed by atoms with van der Waals surface area (Å²) in [5.41, 5.74) is 4.56. The van der Waals surface area contributed by atoms with Crippen molar-refractivity contribution in [2.75, 3.05) is 0 Å². The molecule has 0 radical (unpaired) electrons. The molecule has 0 bridgehead atoms. The summed E-state index contributed by atoms with van der Waals surface area (Å²) in [6, 6.07) is 10.2. The summed E-state index contributed by atoms with van der Waals surface area (Å²) in [5, 5.41) is 6.60. The maximum Gasteiger partial charge on any atom is 0.290 e. The van der Waals surface area contributed by atoms with E-state index < -0.39 is 27.4 Å². The molecule has 4 N–H and O–H groups in total. The van der Waals surface area contributed by atoms with Crippen molar-refractivity contribution in [1.82, 2.24) is 25.8 Å². The summed E-state index contributed by atoms with van der Waals surface area (Å²) in [5.74, 6) is -1.45. The van der Waals surface area contributed by atoms with Gasteiger partial charge in [-0.2, -0.15) is 5.10 Å². The van der Waals surface area contributed by atoms with Gasteiger partial charge in [-0.25, -0.2) is 18.2 Å². The first-order chi connectivity index (χ1) is 14.6. The zero-order valence-electron chi connectivity index (χ0n) is 17.0. The molecule has 10 nitrogen and oxygen atoms in total. The maximum atomic E-state index is 12.6. The summed E-state index contributed by atoms with van der Waals surface area (Å²) in [6.45, 7) is 5.01. The van der Waals surface area contributed by atoms with Gasteiger partial charge in [0.05, 0.1) is 10.3 Å². The third-order valence-corrected chi connectivity index (χ3v) is 6.01. The standard InChI is InChI=1S/C20H21N5O5S/c1-11(2)25-31(29,30)13-9-8-12(3)16(10-13)19(27)23-24-20(28)17-14-6-4-5-7-15(14)18(26)22-21-17/h4-11,25H,1-3H3,(H,22,26)(H,23,27)(H,24,28). The number of sulfonamides is 1. The molecule has 0 saturated heterocycles. The first-order valence-corrected chi connectivity index (χ1v) is 10.8. The smallest absolute Gasteiger partial charge is 0.267 e. The van der Waals surface area contributed by atoms with Crippen LogP contribution in [-0.4, -0.2) is 36.5 Å². The second-order valence-electron chi connectivity index (χ2n) is 7.11. The fraction of sp³-hybridized carbons (Fsp3) is 0.200. The van der Waals surface area contributed by atoms with E-state index in [-0.39, 0.29) is 27.6 Å². The third kappa shape index (κ3) is 4.78. The highest BCUT2D eigenvalue weighted by atomic mass is 32.2. The normalized spacial score (nSPS) is 11.5. The Morgan fingerprint density at radius 2 is 1.65 bits per heavy atom. The Labute approximate surface area is 178 Å². The third-order valence-electron chi connectivity index (χ3n) is 4.36. The highest BCUT2D eigenvalue weighted by molar-refractivity contribution is 7.89. The second kappa shape index (κ2) is 8.66. The minimum Gasteiger partial charge on any atom is -0.267 e. The molecule has 2 amide bonds. The largest absolute Gasteiger partial charge is 0.290 e. The van der Waals surface area contributed by atoms with Crippen molar-refractivity contribution >= 4 is 32.6 Å². The predicted octanol–water partition coefficient (Wildman–Crippen LogP) is 0.993. The fourth-order valence-corrected chi connectivity index (χ4v) is 4.20. The lowest BCUT2D eigenvalue weighted by molar-refractivity contribution is 0.0844. The van der Waals surface area contributed by atoms with Gasteiger partial charge in [0.2, 0.25) is 10.0 Å². The second-order valence-corrected chi connectivity index (χ2v) is 8.82. The van der Waals surface area contributed by atoms with Crippen LogP contribution in [0.4, 0.5) is 0 Å². The van der Waals surface area contributed by atoms with Crippen LogP contribution in [0.25, 0.3) is 10.8 Å². The van der Waals surface area contributed by atoms with Crippen molar-refractivity contribution in [2.24, 2.45) is 0 Å². The number of aromatic nitrogens is 2. The number of nitrogens with zero attached hydrogens (tertiary/aromatic N) is 1. The Morgan fingerprint density at radius 1 is 1.00 bits per heavy atom. The Kier molecular flexibility index (Phi) is 6.18. The van der Waals surface area contributed by atoms with E-state index in [0.717, 1.165) is 0 Å². The molecule has 0 aliphatic carbocycles.